The second-order valence-electron chi connectivity index (χ2n) is 3.73. The second-order valence-corrected chi connectivity index (χ2v) is 3.73. The summed E-state index contributed by atoms with van der Waals surface area (Å²) < 4.78 is 13.1. The van der Waals surface area contributed by atoms with Crippen molar-refractivity contribution in [1.29, 1.82) is 11.1 Å². The van der Waals surface area contributed by atoms with Crippen LogP contribution in [-0.4, -0.2) is 10.7 Å². The Hall–Kier alpha value is -3.25. The first kappa shape index (κ1) is 15.8. The van der Waals surface area contributed by atoms with Gasteiger partial charge < -0.3 is 0 Å². The molecule has 0 aliphatic carbocycles. The van der Waals surface area contributed by atoms with E-state index in [0.717, 1.165) is 12.1 Å². The summed E-state index contributed by atoms with van der Waals surface area (Å²) in [7, 11) is 0. The molecule has 8 heteroatoms. The Morgan fingerprint density at radius 3 is 2.19 bits per heavy atom. The van der Waals surface area contributed by atoms with Gasteiger partial charge in [-0.05, 0) is 12.1 Å². The van der Waals surface area contributed by atoms with Gasteiger partial charge in [0.1, 0.15) is 11.1 Å². The zero-order valence-electron chi connectivity index (χ0n) is 10.6. The summed E-state index contributed by atoms with van der Waals surface area (Å²) in [6, 6.07) is 11.4. The predicted molar refractivity (Wildman–Crippen MR) is 70.5 cm³/mol. The van der Waals surface area contributed by atoms with Crippen LogP contribution in [0.5, 0.6) is 0 Å². The van der Waals surface area contributed by atoms with Crippen LogP contribution in [0.25, 0.3) is 0 Å². The molecule has 7 nitrogen and oxygen atoms in total. The normalized spacial score (nSPS) is 9.00. The summed E-state index contributed by atoms with van der Waals surface area (Å²) >= 11 is 0. The SMILES string of the molecule is N=[N+]=N.O=C(c1ccccc1)c1ccc(F)c([N+](=O)[O-])c1. The van der Waals surface area contributed by atoms with Gasteiger partial charge in [-0.3, -0.25) is 14.9 Å². The average molecular weight is 289 g/mol. The summed E-state index contributed by atoms with van der Waals surface area (Å²) in [6.07, 6.45) is 0. The van der Waals surface area contributed by atoms with Crippen LogP contribution in [0.1, 0.15) is 15.9 Å². The molecular formula is C13H10FN4O3+. The van der Waals surface area contributed by atoms with Gasteiger partial charge >= 0.3 is 5.69 Å². The minimum atomic E-state index is -0.954. The van der Waals surface area contributed by atoms with Crippen LogP contribution in [0.2, 0.25) is 0 Å². The number of nitrogens with one attached hydrogen (secondary N) is 2. The van der Waals surface area contributed by atoms with Crippen LogP contribution in [0, 0.1) is 27.0 Å². The van der Waals surface area contributed by atoms with Crippen molar-refractivity contribution in [1.82, 2.24) is 4.91 Å². The highest BCUT2D eigenvalue weighted by Crippen LogP contribution is 2.20. The van der Waals surface area contributed by atoms with E-state index in [9.17, 15) is 19.3 Å². The quantitative estimate of drug-likeness (QED) is 0.297. The van der Waals surface area contributed by atoms with Crippen LogP contribution >= 0.6 is 0 Å². The largest absolute Gasteiger partial charge is 0.305 e. The van der Waals surface area contributed by atoms with Crippen LogP contribution in [0.4, 0.5) is 10.1 Å². The molecule has 0 saturated carbocycles. The molecule has 106 valence electrons. The average Bonchev–Trinajstić information content (AvgIpc) is 2.48. The molecule has 0 bridgehead atoms. The van der Waals surface area contributed by atoms with Crippen molar-refractivity contribution in [3.05, 3.63) is 75.6 Å². The molecule has 0 unspecified atom stereocenters. The standard InChI is InChI=1S/C13H8FNO3.H2N3/c14-11-7-6-10(8-12(11)15(17)18)13(16)9-4-2-1-3-5-9;1-3-2/h1-8H;1-2H/q;+1. The van der Waals surface area contributed by atoms with Gasteiger partial charge in [0.25, 0.3) is 0 Å². The second kappa shape index (κ2) is 7.37. The van der Waals surface area contributed by atoms with Gasteiger partial charge in [-0.25, -0.2) is 0 Å². The van der Waals surface area contributed by atoms with E-state index < -0.39 is 16.4 Å². The lowest BCUT2D eigenvalue weighted by Crippen LogP contribution is -2.03. The van der Waals surface area contributed by atoms with Gasteiger partial charge in [-0.15, -0.1) is 0 Å². The fourth-order valence-electron chi connectivity index (χ4n) is 1.55. The van der Waals surface area contributed by atoms with Crippen molar-refractivity contribution in [2.75, 3.05) is 0 Å². The number of carbonyl (C=O) groups excluding carboxylic acids is 1. The molecule has 0 aromatic heterocycles. The molecule has 0 radical (unpaired) electrons. The number of ketones is 1. The van der Waals surface area contributed by atoms with Crippen molar-refractivity contribution in [3.63, 3.8) is 0 Å². The monoisotopic (exact) mass is 289 g/mol. The molecule has 2 N–H and O–H groups in total. The maximum absolute atomic E-state index is 13.1. The zero-order valence-corrected chi connectivity index (χ0v) is 10.6. The van der Waals surface area contributed by atoms with E-state index in [1.165, 1.54) is 6.07 Å². The molecular weight excluding hydrogens is 279 g/mol. The number of nitro groups is 1. The maximum Gasteiger partial charge on any atom is 0.305 e. The van der Waals surface area contributed by atoms with Gasteiger partial charge in [0.15, 0.2) is 5.78 Å². The fourth-order valence-corrected chi connectivity index (χ4v) is 1.55. The summed E-state index contributed by atoms with van der Waals surface area (Å²) in [6.45, 7) is 0. The number of hydrogen-bond acceptors (Lipinski definition) is 5. The van der Waals surface area contributed by atoms with Gasteiger partial charge in [0.2, 0.25) is 10.7 Å². The Kier molecular flexibility index (Phi) is 5.54. The molecule has 0 spiro atoms. The number of benzene rings is 2. The molecule has 0 heterocycles. The van der Waals surface area contributed by atoms with Crippen molar-refractivity contribution < 1.29 is 14.1 Å². The Morgan fingerprint density at radius 2 is 1.67 bits per heavy atom. The number of rotatable bonds is 3. The molecule has 0 atom stereocenters. The summed E-state index contributed by atoms with van der Waals surface area (Å²) in [5.74, 6) is -1.33. The Bertz CT molecular complexity index is 698. The molecule has 0 aliphatic rings. The van der Waals surface area contributed by atoms with Crippen LogP contribution in [0.15, 0.2) is 48.5 Å². The number of carbonyl (C=O) groups is 1. The van der Waals surface area contributed by atoms with E-state index in [-0.39, 0.29) is 11.3 Å². The highest BCUT2D eigenvalue weighted by molar-refractivity contribution is 6.09. The third-order valence-electron chi connectivity index (χ3n) is 2.44. The van der Waals surface area contributed by atoms with E-state index in [1.807, 2.05) is 4.91 Å². The smallest absolute Gasteiger partial charge is 0.289 e. The Labute approximate surface area is 118 Å². The fraction of sp³-hybridized carbons (Fsp3) is 0. The van der Waals surface area contributed by atoms with E-state index in [4.69, 9.17) is 11.1 Å². The van der Waals surface area contributed by atoms with Gasteiger partial charge in [-0.2, -0.15) is 4.39 Å². The highest BCUT2D eigenvalue weighted by atomic mass is 19.1. The zero-order chi connectivity index (χ0) is 15.8. The molecule has 0 saturated heterocycles. The molecule has 0 aliphatic heterocycles. The van der Waals surface area contributed by atoms with Crippen LogP contribution in [0.3, 0.4) is 0 Å². The van der Waals surface area contributed by atoms with Crippen LogP contribution < -0.4 is 4.91 Å². The minimum Gasteiger partial charge on any atom is -0.289 e. The lowest BCUT2D eigenvalue weighted by atomic mass is 10.0. The summed E-state index contributed by atoms with van der Waals surface area (Å²) in [5.41, 5.74) is 10.8. The molecule has 21 heavy (non-hydrogen) atoms. The topological polar surface area (TPSA) is 122 Å². The minimum absolute atomic E-state index is 0.0919. The highest BCUT2D eigenvalue weighted by Gasteiger charge is 2.18. The summed E-state index contributed by atoms with van der Waals surface area (Å²) in [4.78, 5) is 23.7. The molecule has 2 rings (SSSR count). The lowest BCUT2D eigenvalue weighted by Gasteiger charge is -2.01. The molecule has 2 aromatic carbocycles. The van der Waals surface area contributed by atoms with Crippen molar-refractivity contribution in [3.8, 4) is 0 Å². The van der Waals surface area contributed by atoms with Crippen molar-refractivity contribution in [2.45, 2.75) is 0 Å². The third-order valence-corrected chi connectivity index (χ3v) is 2.44. The van der Waals surface area contributed by atoms with Crippen molar-refractivity contribution >= 4 is 11.5 Å². The Morgan fingerprint density at radius 1 is 1.10 bits per heavy atom. The Balaban J connectivity index is 0.000000677. The van der Waals surface area contributed by atoms with Gasteiger partial charge in [0, 0.05) is 17.2 Å². The molecule has 2 aromatic rings. The molecule has 0 fully saturated rings. The number of nitrogens with zero attached hydrogens (tertiary/aromatic N) is 2. The number of hydrogen-bond donors (Lipinski definition) is 2. The predicted octanol–water partition coefficient (Wildman–Crippen LogP) is 3.08. The lowest BCUT2D eigenvalue weighted by molar-refractivity contribution is -0.387. The first-order valence-electron chi connectivity index (χ1n) is 5.58. The van der Waals surface area contributed by atoms with Gasteiger partial charge in [0.05, 0.1) is 4.92 Å². The third kappa shape index (κ3) is 4.12. The maximum atomic E-state index is 13.1. The van der Waals surface area contributed by atoms with E-state index in [2.05, 4.69) is 0 Å². The van der Waals surface area contributed by atoms with E-state index in [0.29, 0.717) is 5.56 Å². The number of nitro benzene ring substituents is 1. The summed E-state index contributed by atoms with van der Waals surface area (Å²) in [5, 5.41) is 10.6. The van der Waals surface area contributed by atoms with E-state index >= 15 is 0 Å². The first-order valence-corrected chi connectivity index (χ1v) is 5.58. The first-order chi connectivity index (χ1) is 10.0. The van der Waals surface area contributed by atoms with Crippen LogP contribution in [-0.2, 0) is 0 Å². The molecule has 0 amide bonds. The van der Waals surface area contributed by atoms with E-state index in [1.54, 1.807) is 30.3 Å². The van der Waals surface area contributed by atoms with Gasteiger partial charge in [-0.1, -0.05) is 30.3 Å². The van der Waals surface area contributed by atoms with Crippen molar-refractivity contribution in [2.24, 2.45) is 0 Å². The number of halogens is 1.